The lowest BCUT2D eigenvalue weighted by Crippen LogP contribution is -2.55. The number of rotatable bonds is 4. The highest BCUT2D eigenvalue weighted by Crippen LogP contribution is 2.37. The smallest absolute Gasteiger partial charge is 0.222 e. The predicted octanol–water partition coefficient (Wildman–Crippen LogP) is 2.83. The molecular formula is C21H36N2O3. The first kappa shape index (κ1) is 18.7. The molecule has 4 aliphatic rings. The van der Waals surface area contributed by atoms with Crippen molar-refractivity contribution in [1.82, 2.24) is 9.80 Å². The maximum atomic E-state index is 12.6. The summed E-state index contributed by atoms with van der Waals surface area (Å²) in [5.41, 5.74) is 0.0173. The van der Waals surface area contributed by atoms with E-state index in [-0.39, 0.29) is 5.60 Å². The van der Waals surface area contributed by atoms with Crippen LogP contribution in [0.25, 0.3) is 0 Å². The van der Waals surface area contributed by atoms with E-state index in [0.29, 0.717) is 11.9 Å². The number of hydrogen-bond acceptors (Lipinski definition) is 4. The summed E-state index contributed by atoms with van der Waals surface area (Å²) in [7, 11) is 0. The topological polar surface area (TPSA) is 42.0 Å². The van der Waals surface area contributed by atoms with Crippen LogP contribution in [0.3, 0.4) is 0 Å². The molecule has 3 heterocycles. The Morgan fingerprint density at radius 3 is 2.42 bits per heavy atom. The quantitative estimate of drug-likeness (QED) is 0.769. The highest BCUT2D eigenvalue weighted by atomic mass is 16.5. The number of piperidine rings is 1. The van der Waals surface area contributed by atoms with Crippen molar-refractivity contribution in [3.8, 4) is 0 Å². The van der Waals surface area contributed by atoms with Crippen LogP contribution >= 0.6 is 0 Å². The average Bonchev–Trinajstić information content (AvgIpc) is 3.21. The highest BCUT2D eigenvalue weighted by Gasteiger charge is 2.42. The van der Waals surface area contributed by atoms with Crippen LogP contribution in [-0.4, -0.2) is 73.3 Å². The van der Waals surface area contributed by atoms with Gasteiger partial charge in [0.2, 0.25) is 5.91 Å². The van der Waals surface area contributed by atoms with Gasteiger partial charge in [0.1, 0.15) is 0 Å². The van der Waals surface area contributed by atoms with Crippen molar-refractivity contribution < 1.29 is 14.3 Å². The van der Waals surface area contributed by atoms with Gasteiger partial charge in [0.25, 0.3) is 0 Å². The van der Waals surface area contributed by atoms with Crippen molar-refractivity contribution in [3.63, 3.8) is 0 Å². The average molecular weight is 365 g/mol. The van der Waals surface area contributed by atoms with Gasteiger partial charge in [-0.05, 0) is 38.0 Å². The molecule has 1 spiro atoms. The first-order valence-corrected chi connectivity index (χ1v) is 11.0. The first-order valence-electron chi connectivity index (χ1n) is 11.0. The Morgan fingerprint density at radius 2 is 1.69 bits per heavy atom. The molecule has 1 unspecified atom stereocenters. The monoisotopic (exact) mass is 364 g/mol. The molecule has 1 amide bonds. The maximum Gasteiger partial charge on any atom is 0.222 e. The molecule has 0 aromatic rings. The lowest BCUT2D eigenvalue weighted by Gasteiger charge is -2.49. The molecule has 0 N–H and O–H groups in total. The maximum absolute atomic E-state index is 12.6. The fourth-order valence-electron chi connectivity index (χ4n) is 5.55. The first-order chi connectivity index (χ1) is 12.7. The van der Waals surface area contributed by atoms with E-state index in [1.807, 2.05) is 0 Å². The van der Waals surface area contributed by atoms with Crippen LogP contribution in [0.4, 0.5) is 0 Å². The minimum absolute atomic E-state index is 0.0173. The van der Waals surface area contributed by atoms with Gasteiger partial charge in [0.15, 0.2) is 0 Å². The van der Waals surface area contributed by atoms with Crippen LogP contribution < -0.4 is 0 Å². The molecule has 4 fully saturated rings. The number of carbonyl (C=O) groups excluding carboxylic acids is 1. The second kappa shape index (κ2) is 8.57. The van der Waals surface area contributed by atoms with Gasteiger partial charge in [0.05, 0.1) is 18.8 Å². The molecule has 4 rings (SSSR count). The molecule has 148 valence electrons. The van der Waals surface area contributed by atoms with Gasteiger partial charge in [-0.2, -0.15) is 0 Å². The van der Waals surface area contributed by atoms with Crippen molar-refractivity contribution >= 4 is 5.91 Å². The minimum Gasteiger partial charge on any atom is -0.379 e. The molecule has 5 heteroatoms. The Morgan fingerprint density at radius 1 is 0.962 bits per heavy atom. The van der Waals surface area contributed by atoms with Gasteiger partial charge < -0.3 is 14.4 Å². The number of nitrogens with zero attached hydrogens (tertiary/aromatic N) is 2. The Kier molecular flexibility index (Phi) is 6.17. The van der Waals surface area contributed by atoms with Crippen LogP contribution in [0.5, 0.6) is 0 Å². The molecule has 3 saturated heterocycles. The van der Waals surface area contributed by atoms with Crippen LogP contribution in [0.15, 0.2) is 0 Å². The molecule has 3 aliphatic heterocycles. The summed E-state index contributed by atoms with van der Waals surface area (Å²) in [6.07, 6.45) is 11.6. The summed E-state index contributed by atoms with van der Waals surface area (Å²) >= 11 is 0. The van der Waals surface area contributed by atoms with Crippen LogP contribution in [0, 0.1) is 5.92 Å². The predicted molar refractivity (Wildman–Crippen MR) is 101 cm³/mol. The van der Waals surface area contributed by atoms with E-state index in [0.717, 1.165) is 90.4 Å². The molecule has 0 bridgehead atoms. The summed E-state index contributed by atoms with van der Waals surface area (Å²) in [6.45, 7) is 6.51. The number of ether oxygens (including phenoxy) is 2. The van der Waals surface area contributed by atoms with Gasteiger partial charge >= 0.3 is 0 Å². The van der Waals surface area contributed by atoms with E-state index in [1.54, 1.807) is 0 Å². The molecular weight excluding hydrogens is 328 g/mol. The van der Waals surface area contributed by atoms with Gasteiger partial charge in [-0.15, -0.1) is 0 Å². The van der Waals surface area contributed by atoms with E-state index in [9.17, 15) is 4.79 Å². The number of carbonyl (C=O) groups is 1. The van der Waals surface area contributed by atoms with E-state index in [2.05, 4.69) is 9.80 Å². The zero-order chi connectivity index (χ0) is 17.8. The second-order valence-corrected chi connectivity index (χ2v) is 8.90. The third kappa shape index (κ3) is 4.42. The van der Waals surface area contributed by atoms with Crippen LogP contribution in [0.2, 0.25) is 0 Å². The van der Waals surface area contributed by atoms with Crippen molar-refractivity contribution in [2.75, 3.05) is 46.0 Å². The van der Waals surface area contributed by atoms with E-state index in [1.165, 1.54) is 25.7 Å². The lowest BCUT2D eigenvalue weighted by molar-refractivity contribution is -0.152. The summed E-state index contributed by atoms with van der Waals surface area (Å²) in [4.78, 5) is 17.3. The zero-order valence-corrected chi connectivity index (χ0v) is 16.3. The van der Waals surface area contributed by atoms with E-state index >= 15 is 0 Å². The normalized spacial score (nSPS) is 30.8. The molecule has 0 radical (unpaired) electrons. The van der Waals surface area contributed by atoms with Gasteiger partial charge in [0, 0.05) is 45.2 Å². The molecule has 0 aromatic heterocycles. The largest absolute Gasteiger partial charge is 0.379 e. The summed E-state index contributed by atoms with van der Waals surface area (Å²) in [5.74, 6) is 1.19. The van der Waals surface area contributed by atoms with Crippen LogP contribution in [0.1, 0.15) is 64.2 Å². The number of amides is 1. The zero-order valence-electron chi connectivity index (χ0n) is 16.3. The SMILES string of the molecule is O=C(CCC1CCCC1)N1CCC2(CC1)CC(N1CCOCC1)CCO2. The number of hydrogen-bond donors (Lipinski definition) is 0. The minimum atomic E-state index is 0.0173. The fraction of sp³-hybridized carbons (Fsp3) is 0.952. The molecule has 26 heavy (non-hydrogen) atoms. The summed E-state index contributed by atoms with van der Waals surface area (Å²) in [6, 6.07) is 0.636. The molecule has 1 atom stereocenters. The third-order valence-corrected chi connectivity index (χ3v) is 7.30. The van der Waals surface area contributed by atoms with E-state index in [4.69, 9.17) is 9.47 Å². The summed E-state index contributed by atoms with van der Waals surface area (Å²) in [5, 5.41) is 0. The van der Waals surface area contributed by atoms with Crippen molar-refractivity contribution in [1.29, 1.82) is 0 Å². The molecule has 0 aromatic carbocycles. The van der Waals surface area contributed by atoms with Gasteiger partial charge in [-0.3, -0.25) is 9.69 Å². The Bertz CT molecular complexity index is 464. The van der Waals surface area contributed by atoms with Crippen molar-refractivity contribution in [2.24, 2.45) is 5.92 Å². The molecule has 1 saturated carbocycles. The Hall–Kier alpha value is -0.650. The van der Waals surface area contributed by atoms with Gasteiger partial charge in [-0.25, -0.2) is 0 Å². The molecule has 5 nitrogen and oxygen atoms in total. The van der Waals surface area contributed by atoms with Crippen LogP contribution in [-0.2, 0) is 14.3 Å². The highest BCUT2D eigenvalue weighted by molar-refractivity contribution is 5.76. The molecule has 1 aliphatic carbocycles. The van der Waals surface area contributed by atoms with Crippen molar-refractivity contribution in [3.05, 3.63) is 0 Å². The van der Waals surface area contributed by atoms with Gasteiger partial charge in [-0.1, -0.05) is 25.7 Å². The van der Waals surface area contributed by atoms with Crippen molar-refractivity contribution in [2.45, 2.75) is 75.9 Å². The standard InChI is InChI=1S/C21H36N2O3/c24-20(6-5-18-3-1-2-4-18)23-10-8-21(9-11-23)17-19(7-14-26-21)22-12-15-25-16-13-22/h18-19H,1-17H2. The third-order valence-electron chi connectivity index (χ3n) is 7.30. The summed E-state index contributed by atoms with van der Waals surface area (Å²) < 4.78 is 11.8. The number of morpholine rings is 1. The Labute approximate surface area is 158 Å². The lowest BCUT2D eigenvalue weighted by atomic mass is 9.81. The van der Waals surface area contributed by atoms with E-state index < -0.39 is 0 Å². The fourth-order valence-corrected chi connectivity index (χ4v) is 5.55. The Balaban J connectivity index is 1.24. The number of likely N-dealkylation sites (tertiary alicyclic amines) is 1. The second-order valence-electron chi connectivity index (χ2n) is 8.90.